The van der Waals surface area contributed by atoms with Gasteiger partial charge in [0.1, 0.15) is 5.82 Å². The number of halogens is 1. The van der Waals surface area contributed by atoms with E-state index in [4.69, 9.17) is 4.74 Å². The van der Waals surface area contributed by atoms with Gasteiger partial charge >= 0.3 is 5.97 Å². The summed E-state index contributed by atoms with van der Waals surface area (Å²) in [5.74, 6) is -1.27. The van der Waals surface area contributed by atoms with Crippen molar-refractivity contribution in [3.8, 4) is 0 Å². The Labute approximate surface area is 106 Å². The highest BCUT2D eigenvalue weighted by Crippen LogP contribution is 2.38. The summed E-state index contributed by atoms with van der Waals surface area (Å²) in [4.78, 5) is 11.8. The predicted octanol–water partition coefficient (Wildman–Crippen LogP) is 2.24. The number of aliphatic hydroxyl groups is 1. The Kier molecular flexibility index (Phi) is 3.97. The molecule has 0 bridgehead atoms. The average molecular weight is 252 g/mol. The molecule has 4 heteroatoms. The molecular weight excluding hydrogens is 235 g/mol. The zero-order chi connectivity index (χ0) is 13.1. The minimum absolute atomic E-state index is 0.299. The van der Waals surface area contributed by atoms with Crippen LogP contribution in [0.1, 0.15) is 30.7 Å². The van der Waals surface area contributed by atoms with Gasteiger partial charge in [-0.05, 0) is 37.0 Å². The molecule has 1 aliphatic rings. The molecule has 1 aromatic carbocycles. The molecule has 0 spiro atoms. The van der Waals surface area contributed by atoms with E-state index in [1.54, 1.807) is 12.1 Å². The highest BCUT2D eigenvalue weighted by molar-refractivity contribution is 5.74. The van der Waals surface area contributed by atoms with Crippen LogP contribution in [0.4, 0.5) is 4.39 Å². The number of rotatable bonds is 2. The van der Waals surface area contributed by atoms with Crippen LogP contribution < -0.4 is 0 Å². The molecule has 0 heterocycles. The molecule has 0 unspecified atom stereocenters. The van der Waals surface area contributed by atoms with Crippen LogP contribution in [0, 0.1) is 11.7 Å². The Morgan fingerprint density at radius 1 is 1.33 bits per heavy atom. The number of carbonyl (C=O) groups is 1. The minimum atomic E-state index is -0.576. The van der Waals surface area contributed by atoms with Gasteiger partial charge < -0.3 is 9.84 Å². The molecule has 0 amide bonds. The lowest BCUT2D eigenvalue weighted by molar-refractivity contribution is -0.149. The van der Waals surface area contributed by atoms with Crippen LogP contribution in [0.15, 0.2) is 24.3 Å². The molecule has 18 heavy (non-hydrogen) atoms. The van der Waals surface area contributed by atoms with E-state index in [0.29, 0.717) is 12.8 Å². The summed E-state index contributed by atoms with van der Waals surface area (Å²) in [7, 11) is 1.35. The second-order valence-corrected chi connectivity index (χ2v) is 4.71. The Hall–Kier alpha value is -1.42. The van der Waals surface area contributed by atoms with Crippen molar-refractivity contribution in [1.29, 1.82) is 0 Å². The van der Waals surface area contributed by atoms with Crippen LogP contribution in [-0.4, -0.2) is 24.3 Å². The van der Waals surface area contributed by atoms with Crippen molar-refractivity contribution in [3.63, 3.8) is 0 Å². The molecular formula is C14H17FO3. The summed E-state index contributed by atoms with van der Waals surface area (Å²) in [6.45, 7) is 0. The van der Waals surface area contributed by atoms with Gasteiger partial charge in [-0.25, -0.2) is 4.39 Å². The van der Waals surface area contributed by atoms with E-state index in [1.807, 2.05) is 0 Å². The van der Waals surface area contributed by atoms with E-state index in [0.717, 1.165) is 12.0 Å². The van der Waals surface area contributed by atoms with Gasteiger partial charge in [-0.1, -0.05) is 12.1 Å². The van der Waals surface area contributed by atoms with Crippen molar-refractivity contribution in [2.75, 3.05) is 7.11 Å². The van der Waals surface area contributed by atoms with E-state index in [-0.39, 0.29) is 23.6 Å². The van der Waals surface area contributed by atoms with Crippen LogP contribution in [-0.2, 0) is 9.53 Å². The van der Waals surface area contributed by atoms with E-state index in [2.05, 4.69) is 0 Å². The number of hydrogen-bond acceptors (Lipinski definition) is 3. The highest BCUT2D eigenvalue weighted by atomic mass is 19.1. The van der Waals surface area contributed by atoms with Crippen LogP contribution in [0.2, 0.25) is 0 Å². The first-order chi connectivity index (χ1) is 8.63. The van der Waals surface area contributed by atoms with Crippen molar-refractivity contribution in [2.45, 2.75) is 31.3 Å². The summed E-state index contributed by atoms with van der Waals surface area (Å²) < 4.78 is 17.7. The van der Waals surface area contributed by atoms with Crippen LogP contribution in [0.25, 0.3) is 0 Å². The first-order valence-corrected chi connectivity index (χ1v) is 6.15. The Balaban J connectivity index is 2.29. The fourth-order valence-corrected chi connectivity index (χ4v) is 2.73. The molecule has 0 aliphatic heterocycles. The van der Waals surface area contributed by atoms with Crippen LogP contribution in [0.5, 0.6) is 0 Å². The van der Waals surface area contributed by atoms with Gasteiger partial charge in [0.2, 0.25) is 0 Å². The normalized spacial score (nSPS) is 27.8. The van der Waals surface area contributed by atoms with Crippen LogP contribution >= 0.6 is 0 Å². The number of esters is 1. The Bertz CT molecular complexity index is 416. The van der Waals surface area contributed by atoms with Gasteiger partial charge in [0.15, 0.2) is 0 Å². The molecule has 3 nitrogen and oxygen atoms in total. The highest BCUT2D eigenvalue weighted by Gasteiger charge is 2.38. The van der Waals surface area contributed by atoms with E-state index in [1.165, 1.54) is 19.2 Å². The topological polar surface area (TPSA) is 46.5 Å². The number of benzene rings is 1. The summed E-state index contributed by atoms with van der Waals surface area (Å²) in [5.41, 5.74) is 0.791. The Morgan fingerprint density at radius 2 is 2.00 bits per heavy atom. The maximum absolute atomic E-state index is 12.9. The van der Waals surface area contributed by atoms with Crippen molar-refractivity contribution >= 4 is 5.97 Å². The smallest absolute Gasteiger partial charge is 0.309 e. The van der Waals surface area contributed by atoms with Gasteiger partial charge in [-0.2, -0.15) is 0 Å². The van der Waals surface area contributed by atoms with Crippen molar-refractivity contribution in [1.82, 2.24) is 0 Å². The van der Waals surface area contributed by atoms with Gasteiger partial charge in [0.05, 0.1) is 19.1 Å². The summed E-state index contributed by atoms with van der Waals surface area (Å²) in [6, 6.07) is 5.96. The van der Waals surface area contributed by atoms with Gasteiger partial charge in [-0.15, -0.1) is 0 Å². The molecule has 1 fully saturated rings. The van der Waals surface area contributed by atoms with Crippen molar-refractivity contribution in [2.24, 2.45) is 5.92 Å². The number of aliphatic hydroxyl groups excluding tert-OH is 1. The number of carbonyl (C=O) groups excluding carboxylic acids is 1. The quantitative estimate of drug-likeness (QED) is 0.821. The van der Waals surface area contributed by atoms with Gasteiger partial charge in [-0.3, -0.25) is 4.79 Å². The van der Waals surface area contributed by atoms with Crippen molar-refractivity contribution < 1.29 is 19.0 Å². The van der Waals surface area contributed by atoms with Crippen LogP contribution in [0.3, 0.4) is 0 Å². The maximum atomic E-state index is 12.9. The molecule has 0 radical (unpaired) electrons. The zero-order valence-electron chi connectivity index (χ0n) is 10.3. The fraction of sp³-hybridized carbons (Fsp3) is 0.500. The monoisotopic (exact) mass is 252 g/mol. The average Bonchev–Trinajstić information content (AvgIpc) is 2.39. The standard InChI is InChI=1S/C14H17FO3/c1-18-14(17)11-3-2-4-12(16)13(11)9-5-7-10(15)8-6-9/h5-8,11-13,16H,2-4H2,1H3/t11-,12-,13-/m0/s1. The second-order valence-electron chi connectivity index (χ2n) is 4.71. The molecule has 3 atom stereocenters. The largest absolute Gasteiger partial charge is 0.469 e. The number of methoxy groups -OCH3 is 1. The molecule has 1 saturated carbocycles. The van der Waals surface area contributed by atoms with Gasteiger partial charge in [0, 0.05) is 5.92 Å². The second kappa shape index (κ2) is 5.48. The SMILES string of the molecule is COC(=O)[C@H]1CCC[C@H](O)[C@H]1c1ccc(F)cc1. The lowest BCUT2D eigenvalue weighted by Gasteiger charge is -2.34. The predicted molar refractivity (Wildman–Crippen MR) is 64.5 cm³/mol. The molecule has 2 rings (SSSR count). The maximum Gasteiger partial charge on any atom is 0.309 e. The molecule has 1 N–H and O–H groups in total. The first kappa shape index (κ1) is 13.0. The van der Waals surface area contributed by atoms with Gasteiger partial charge in [0.25, 0.3) is 0 Å². The lowest BCUT2D eigenvalue weighted by Crippen LogP contribution is -2.35. The van der Waals surface area contributed by atoms with E-state index < -0.39 is 6.10 Å². The van der Waals surface area contributed by atoms with E-state index in [9.17, 15) is 14.3 Å². The Morgan fingerprint density at radius 3 is 2.61 bits per heavy atom. The third kappa shape index (κ3) is 2.53. The molecule has 0 aromatic heterocycles. The third-order valence-corrected chi connectivity index (χ3v) is 3.62. The lowest BCUT2D eigenvalue weighted by atomic mass is 9.73. The summed E-state index contributed by atoms with van der Waals surface area (Å²) in [6.07, 6.45) is 1.59. The fourth-order valence-electron chi connectivity index (χ4n) is 2.73. The molecule has 98 valence electrons. The molecule has 0 saturated heterocycles. The summed E-state index contributed by atoms with van der Waals surface area (Å²) >= 11 is 0. The number of hydrogen-bond donors (Lipinski definition) is 1. The number of ether oxygens (including phenoxy) is 1. The zero-order valence-corrected chi connectivity index (χ0v) is 10.3. The third-order valence-electron chi connectivity index (χ3n) is 3.62. The minimum Gasteiger partial charge on any atom is -0.469 e. The summed E-state index contributed by atoms with van der Waals surface area (Å²) in [5, 5.41) is 10.1. The van der Waals surface area contributed by atoms with E-state index >= 15 is 0 Å². The first-order valence-electron chi connectivity index (χ1n) is 6.15. The van der Waals surface area contributed by atoms with Crippen molar-refractivity contribution in [3.05, 3.63) is 35.6 Å². The molecule has 1 aliphatic carbocycles. The molecule has 1 aromatic rings.